The molecular formula is C31H35N5O4S. The van der Waals surface area contributed by atoms with Gasteiger partial charge in [0.25, 0.3) is 10.0 Å². The first kappa shape index (κ1) is 27.3. The molecule has 9 nitrogen and oxygen atoms in total. The number of piperidine rings is 1. The molecule has 1 saturated carbocycles. The minimum atomic E-state index is -3.82. The summed E-state index contributed by atoms with van der Waals surface area (Å²) in [6.45, 7) is 6.73. The van der Waals surface area contributed by atoms with Crippen LogP contribution in [0, 0.1) is 0 Å². The maximum Gasteiger partial charge on any atom is 0.410 e. The zero-order valence-electron chi connectivity index (χ0n) is 23.6. The van der Waals surface area contributed by atoms with E-state index in [0.717, 1.165) is 47.9 Å². The summed E-state index contributed by atoms with van der Waals surface area (Å²) < 4.78 is 34.3. The van der Waals surface area contributed by atoms with E-state index in [1.54, 1.807) is 41.4 Å². The average molecular weight is 574 g/mol. The van der Waals surface area contributed by atoms with E-state index in [-0.39, 0.29) is 17.0 Å². The number of anilines is 1. The Hall–Kier alpha value is -3.92. The normalized spacial score (nSPS) is 17.9. The Morgan fingerprint density at radius 1 is 1.02 bits per heavy atom. The van der Waals surface area contributed by atoms with Gasteiger partial charge in [0.1, 0.15) is 5.60 Å². The highest BCUT2D eigenvalue weighted by Gasteiger charge is 2.32. The summed E-state index contributed by atoms with van der Waals surface area (Å²) in [7, 11) is -3.82. The van der Waals surface area contributed by atoms with Crippen LogP contribution < -0.4 is 5.32 Å². The summed E-state index contributed by atoms with van der Waals surface area (Å²) in [5, 5.41) is 4.25. The van der Waals surface area contributed by atoms with Crippen LogP contribution in [0.2, 0.25) is 0 Å². The summed E-state index contributed by atoms with van der Waals surface area (Å²) in [5.74, 6) is 0.812. The first-order chi connectivity index (χ1) is 19.6. The number of benzene rings is 2. The predicted molar refractivity (Wildman–Crippen MR) is 158 cm³/mol. The molecule has 2 fully saturated rings. The smallest absolute Gasteiger partial charge is 0.410 e. The first-order valence-electron chi connectivity index (χ1n) is 14.1. The summed E-state index contributed by atoms with van der Waals surface area (Å²) in [4.78, 5) is 24.3. The summed E-state index contributed by atoms with van der Waals surface area (Å²) >= 11 is 0. The average Bonchev–Trinajstić information content (AvgIpc) is 3.72. The van der Waals surface area contributed by atoms with Gasteiger partial charge < -0.3 is 15.0 Å². The number of fused-ring (bicyclic) bond motifs is 1. The van der Waals surface area contributed by atoms with Gasteiger partial charge in [0.15, 0.2) is 0 Å². The zero-order chi connectivity index (χ0) is 28.8. The fourth-order valence-electron chi connectivity index (χ4n) is 5.38. The number of likely N-dealkylation sites (tertiary alicyclic amines) is 1. The molecular weight excluding hydrogens is 538 g/mol. The van der Waals surface area contributed by atoms with Gasteiger partial charge in [-0.25, -0.2) is 27.2 Å². The fourth-order valence-corrected chi connectivity index (χ4v) is 6.77. The molecule has 1 N–H and O–H groups in total. The molecule has 2 aromatic heterocycles. The van der Waals surface area contributed by atoms with Crippen molar-refractivity contribution in [3.63, 3.8) is 0 Å². The Bertz CT molecular complexity index is 1690. The Morgan fingerprint density at radius 3 is 2.49 bits per heavy atom. The van der Waals surface area contributed by atoms with Gasteiger partial charge in [0, 0.05) is 48.0 Å². The molecule has 1 aliphatic carbocycles. The predicted octanol–water partition coefficient (Wildman–Crippen LogP) is 6.02. The van der Waals surface area contributed by atoms with Crippen LogP contribution >= 0.6 is 0 Å². The molecule has 2 aliphatic rings. The largest absolute Gasteiger partial charge is 0.444 e. The highest BCUT2D eigenvalue weighted by atomic mass is 32.2. The van der Waals surface area contributed by atoms with Crippen molar-refractivity contribution < 1.29 is 17.9 Å². The van der Waals surface area contributed by atoms with E-state index >= 15 is 0 Å². The van der Waals surface area contributed by atoms with Crippen LogP contribution in [0.4, 0.5) is 10.7 Å². The minimum absolute atomic E-state index is 0.0318. The number of para-hydroxylation sites is 1. The number of hydrogen-bond acceptors (Lipinski definition) is 7. The Morgan fingerprint density at radius 2 is 1.76 bits per heavy atom. The van der Waals surface area contributed by atoms with E-state index in [9.17, 15) is 13.2 Å². The van der Waals surface area contributed by atoms with Crippen LogP contribution in [0.15, 0.2) is 71.9 Å². The lowest BCUT2D eigenvalue weighted by Gasteiger charge is -2.34. The number of carbonyl (C=O) groups excluding carboxylic acids is 1. The highest BCUT2D eigenvalue weighted by Crippen LogP contribution is 2.45. The van der Waals surface area contributed by atoms with Crippen molar-refractivity contribution in [1.82, 2.24) is 18.8 Å². The molecule has 10 heteroatoms. The van der Waals surface area contributed by atoms with E-state index < -0.39 is 15.6 Å². The third kappa shape index (κ3) is 5.66. The minimum Gasteiger partial charge on any atom is -0.444 e. The standard InChI is InChI=1S/C31H35N5O4S/c1-31(2,3)40-30(37)35-17-9-10-22(19-35)33-29-32-18-25(21-15-16-21)28(34-29)26-20-36(27-14-8-7-13-24(26)27)41(38,39)23-11-5-4-6-12-23/h4-8,11-14,18,20-22H,9-10,15-17,19H2,1-3H3,(H,32,33,34). The number of hydrogen-bond donors (Lipinski definition) is 1. The number of nitrogens with zero attached hydrogens (tertiary/aromatic N) is 4. The molecule has 41 heavy (non-hydrogen) atoms. The van der Waals surface area contributed by atoms with E-state index in [4.69, 9.17) is 9.72 Å². The molecule has 1 aliphatic heterocycles. The Labute approximate surface area is 240 Å². The summed E-state index contributed by atoms with van der Waals surface area (Å²) in [6, 6.07) is 16.0. The number of nitrogens with one attached hydrogen (secondary N) is 1. The number of rotatable bonds is 6. The molecule has 6 rings (SSSR count). The quantitative estimate of drug-likeness (QED) is 0.300. The van der Waals surface area contributed by atoms with Crippen LogP contribution in [-0.4, -0.2) is 58.1 Å². The van der Waals surface area contributed by atoms with E-state index in [1.165, 1.54) is 3.97 Å². The Kier molecular flexibility index (Phi) is 6.97. The van der Waals surface area contributed by atoms with Crippen molar-refractivity contribution in [1.29, 1.82) is 0 Å². The highest BCUT2D eigenvalue weighted by molar-refractivity contribution is 7.90. The maximum atomic E-state index is 13.7. The van der Waals surface area contributed by atoms with Crippen molar-refractivity contribution >= 4 is 33.0 Å². The van der Waals surface area contributed by atoms with E-state index in [0.29, 0.717) is 30.5 Å². The second-order valence-electron chi connectivity index (χ2n) is 11.9. The second kappa shape index (κ2) is 10.5. The van der Waals surface area contributed by atoms with E-state index in [2.05, 4.69) is 10.3 Å². The third-order valence-electron chi connectivity index (χ3n) is 7.47. The van der Waals surface area contributed by atoms with Crippen molar-refractivity contribution in [2.24, 2.45) is 0 Å². The van der Waals surface area contributed by atoms with Gasteiger partial charge in [-0.1, -0.05) is 36.4 Å². The van der Waals surface area contributed by atoms with E-state index in [1.807, 2.05) is 51.2 Å². The van der Waals surface area contributed by atoms with Crippen molar-refractivity contribution in [3.8, 4) is 11.3 Å². The number of ether oxygens (including phenoxy) is 1. The summed E-state index contributed by atoms with van der Waals surface area (Å²) in [6.07, 6.45) is 7.06. The number of carbonyl (C=O) groups is 1. The van der Waals surface area contributed by atoms with Crippen LogP contribution in [0.1, 0.15) is 57.9 Å². The molecule has 0 bridgehead atoms. The number of amides is 1. The molecule has 2 aromatic carbocycles. The molecule has 1 saturated heterocycles. The molecule has 214 valence electrons. The first-order valence-corrected chi connectivity index (χ1v) is 15.6. The van der Waals surface area contributed by atoms with Crippen LogP contribution in [0.5, 0.6) is 0 Å². The molecule has 1 unspecified atom stereocenters. The van der Waals surface area contributed by atoms with Gasteiger partial charge in [-0.3, -0.25) is 0 Å². The SMILES string of the molecule is CC(C)(C)OC(=O)N1CCCC(Nc2ncc(C3CC3)c(-c3cn(S(=O)(=O)c4ccccc4)c4ccccc34)n2)C1. The van der Waals surface area contributed by atoms with Crippen molar-refractivity contribution in [2.45, 2.75) is 68.9 Å². The van der Waals surface area contributed by atoms with Gasteiger partial charge in [-0.05, 0) is 70.6 Å². The fraction of sp³-hybridized carbons (Fsp3) is 0.387. The Balaban J connectivity index is 1.35. The molecule has 0 radical (unpaired) electrons. The molecule has 0 spiro atoms. The van der Waals surface area contributed by atoms with Crippen molar-refractivity contribution in [2.75, 3.05) is 18.4 Å². The molecule has 3 heterocycles. The topological polar surface area (TPSA) is 106 Å². The molecule has 1 atom stereocenters. The molecule has 1 amide bonds. The van der Waals surface area contributed by atoms with Gasteiger partial charge in [0.05, 0.1) is 16.1 Å². The zero-order valence-corrected chi connectivity index (χ0v) is 24.4. The number of aromatic nitrogens is 3. The monoisotopic (exact) mass is 573 g/mol. The van der Waals surface area contributed by atoms with Crippen molar-refractivity contribution in [3.05, 3.63) is 72.6 Å². The lowest BCUT2D eigenvalue weighted by Crippen LogP contribution is -2.47. The van der Waals surface area contributed by atoms with Gasteiger partial charge in [-0.15, -0.1) is 0 Å². The lowest BCUT2D eigenvalue weighted by atomic mass is 10.0. The third-order valence-corrected chi connectivity index (χ3v) is 9.16. The van der Waals surface area contributed by atoms with Crippen LogP contribution in [0.3, 0.4) is 0 Å². The molecule has 4 aromatic rings. The van der Waals surface area contributed by atoms with Gasteiger partial charge in [0.2, 0.25) is 5.95 Å². The second-order valence-corrected chi connectivity index (χ2v) is 13.7. The van der Waals surface area contributed by atoms with Crippen LogP contribution in [0.25, 0.3) is 22.2 Å². The van der Waals surface area contributed by atoms with Gasteiger partial charge in [-0.2, -0.15) is 0 Å². The lowest BCUT2D eigenvalue weighted by molar-refractivity contribution is 0.0206. The summed E-state index contributed by atoms with van der Waals surface area (Å²) in [5.41, 5.74) is 2.56. The van der Waals surface area contributed by atoms with Gasteiger partial charge >= 0.3 is 6.09 Å². The maximum absolute atomic E-state index is 13.7. The van der Waals surface area contributed by atoms with Crippen LogP contribution in [-0.2, 0) is 14.8 Å².